The van der Waals surface area contributed by atoms with Crippen molar-refractivity contribution in [3.8, 4) is 0 Å². The predicted molar refractivity (Wildman–Crippen MR) is 108 cm³/mol. The van der Waals surface area contributed by atoms with Crippen LogP contribution in [0, 0.1) is 6.92 Å². The molecule has 3 heterocycles. The Morgan fingerprint density at radius 2 is 1.85 bits per heavy atom. The molecule has 0 bridgehead atoms. The first-order valence-corrected chi connectivity index (χ1v) is 12.9. The number of rotatable bonds is 8. The summed E-state index contributed by atoms with van der Waals surface area (Å²) in [7, 11) is -10.3. The number of ether oxygens (including phenoxy) is 2. The van der Waals surface area contributed by atoms with Crippen LogP contribution >= 0.6 is 15.6 Å². The monoisotopic (exact) mass is 516 g/mol. The van der Waals surface area contributed by atoms with Gasteiger partial charge in [-0.3, -0.25) is 23.4 Å². The minimum atomic E-state index is -5.15. The Morgan fingerprint density at radius 1 is 1.15 bits per heavy atom. The molecule has 15 nitrogen and oxygen atoms in total. The first kappa shape index (κ1) is 26.4. The number of nitrogens with one attached hydrogen (secondary N) is 1. The van der Waals surface area contributed by atoms with E-state index >= 15 is 0 Å². The van der Waals surface area contributed by atoms with Gasteiger partial charge >= 0.3 is 21.3 Å². The van der Waals surface area contributed by atoms with Gasteiger partial charge in [-0.15, -0.1) is 0 Å². The normalized spacial score (nSPS) is 34.0. The average molecular weight is 516 g/mol. The van der Waals surface area contributed by atoms with Gasteiger partial charge in [-0.2, -0.15) is 4.31 Å². The molecule has 2 aliphatic rings. The lowest BCUT2D eigenvalue weighted by atomic mass is 10.1. The van der Waals surface area contributed by atoms with Crippen LogP contribution in [0.4, 0.5) is 0 Å². The fourth-order valence-electron chi connectivity index (χ4n) is 3.34. The molecule has 2 fully saturated rings. The molecule has 0 aliphatic carbocycles. The van der Waals surface area contributed by atoms with Gasteiger partial charge in [0, 0.05) is 24.6 Å². The van der Waals surface area contributed by atoms with Crippen molar-refractivity contribution in [2.24, 2.45) is 0 Å². The van der Waals surface area contributed by atoms with E-state index in [1.165, 1.54) is 20.0 Å². The molecule has 2 aliphatic heterocycles. The molecule has 0 spiro atoms. The van der Waals surface area contributed by atoms with Crippen LogP contribution in [0.2, 0.25) is 0 Å². The summed E-state index contributed by atoms with van der Waals surface area (Å²) in [6, 6.07) is 0. The first-order chi connectivity index (χ1) is 15.3. The summed E-state index contributed by atoms with van der Waals surface area (Å²) in [6.07, 6.45) is -4.73. The van der Waals surface area contributed by atoms with Crippen LogP contribution in [0.5, 0.6) is 0 Å². The summed E-state index contributed by atoms with van der Waals surface area (Å²) in [6.45, 7) is 2.26. The molecule has 3 unspecified atom stereocenters. The summed E-state index contributed by atoms with van der Waals surface area (Å²) >= 11 is 0. The number of nitrogens with zero attached hydrogens (tertiary/aromatic N) is 1. The van der Waals surface area contributed by atoms with Crippen LogP contribution in [0.25, 0.3) is 0 Å². The molecule has 33 heavy (non-hydrogen) atoms. The first-order valence-electron chi connectivity index (χ1n) is 9.95. The van der Waals surface area contributed by atoms with Gasteiger partial charge in [-0.1, -0.05) is 0 Å². The van der Waals surface area contributed by atoms with Crippen LogP contribution in [-0.2, 0) is 32.0 Å². The number of aromatic amines is 1. The molecular weight excluding hydrogens is 490 g/mol. The van der Waals surface area contributed by atoms with Gasteiger partial charge < -0.3 is 29.5 Å². The molecule has 5 N–H and O–H groups in total. The number of hydrogen-bond acceptors (Lipinski definition) is 11. The van der Waals surface area contributed by atoms with E-state index in [-0.39, 0.29) is 24.8 Å². The van der Waals surface area contributed by atoms with Gasteiger partial charge in [0.25, 0.3) is 5.56 Å². The fourth-order valence-corrected chi connectivity index (χ4v) is 5.52. The van der Waals surface area contributed by atoms with Gasteiger partial charge in [0.05, 0.1) is 24.9 Å². The van der Waals surface area contributed by atoms with Crippen LogP contribution in [0.3, 0.4) is 0 Å². The highest BCUT2D eigenvalue weighted by Gasteiger charge is 2.42. The van der Waals surface area contributed by atoms with Gasteiger partial charge in [0.2, 0.25) is 0 Å². The van der Waals surface area contributed by atoms with Crippen molar-refractivity contribution in [1.82, 2.24) is 9.55 Å². The summed E-state index contributed by atoms with van der Waals surface area (Å²) in [5.74, 6) is 0. The number of H-pyrrole nitrogens is 1. The fraction of sp³-hybridized carbons (Fsp3) is 0.750. The molecule has 17 heteroatoms. The molecule has 3 rings (SSSR count). The zero-order valence-corrected chi connectivity index (χ0v) is 19.5. The molecule has 2 saturated heterocycles. The van der Waals surface area contributed by atoms with E-state index in [1.54, 1.807) is 0 Å². The number of aromatic nitrogens is 2. The average Bonchev–Trinajstić information content (AvgIpc) is 3.05. The standard InChI is InChI=1S/C16H26N2O13P2/c1-8-6-18(16(22)17-15(8)21)13-5-11(20)12(29-13)7-27-32(23,24)31-33(25,26)30-14-4-3-10(19)9(2)28-14/h6,9-14,19-20H,3-5,7H2,1-2H3,(H,23,24)(H,25,26)(H,17,21,22)/t9-,10-,11-,12+,13+,14?/m0/s1. The van der Waals surface area contributed by atoms with Crippen molar-refractivity contribution in [3.05, 3.63) is 32.6 Å². The van der Waals surface area contributed by atoms with E-state index in [0.717, 1.165) is 4.57 Å². The highest BCUT2D eigenvalue weighted by molar-refractivity contribution is 7.61. The lowest BCUT2D eigenvalue weighted by Crippen LogP contribution is -2.37. The molecule has 8 atom stereocenters. The number of phosphoric acid groups is 2. The maximum Gasteiger partial charge on any atom is 0.483 e. The Balaban J connectivity index is 1.56. The lowest BCUT2D eigenvalue weighted by Gasteiger charge is -2.32. The molecule has 1 aromatic heterocycles. The maximum absolute atomic E-state index is 12.1. The Kier molecular flexibility index (Phi) is 8.14. The third-order valence-corrected chi connectivity index (χ3v) is 7.75. The summed E-state index contributed by atoms with van der Waals surface area (Å²) < 4.78 is 49.6. The van der Waals surface area contributed by atoms with Crippen molar-refractivity contribution in [2.75, 3.05) is 6.61 Å². The minimum absolute atomic E-state index is 0.0447. The largest absolute Gasteiger partial charge is 0.483 e. The van der Waals surface area contributed by atoms with Crippen LogP contribution in [-0.4, -0.2) is 66.9 Å². The van der Waals surface area contributed by atoms with E-state index in [1.807, 2.05) is 0 Å². The number of aryl methyl sites for hydroxylation is 1. The molecule has 0 amide bonds. The van der Waals surface area contributed by atoms with Crippen molar-refractivity contribution in [3.63, 3.8) is 0 Å². The third-order valence-electron chi connectivity index (χ3n) is 5.13. The second-order valence-corrected chi connectivity index (χ2v) is 10.7. The Morgan fingerprint density at radius 3 is 2.52 bits per heavy atom. The lowest BCUT2D eigenvalue weighted by molar-refractivity contribution is -0.185. The molecular formula is C16H26N2O13P2. The van der Waals surface area contributed by atoms with Gasteiger partial charge in [0.15, 0.2) is 6.29 Å². The number of hydrogen-bond donors (Lipinski definition) is 5. The summed E-state index contributed by atoms with van der Waals surface area (Å²) in [5.41, 5.74) is -1.12. The predicted octanol–water partition coefficient (Wildman–Crippen LogP) is -0.370. The molecule has 1 aromatic rings. The van der Waals surface area contributed by atoms with Gasteiger partial charge in [-0.05, 0) is 20.3 Å². The number of aliphatic hydroxyl groups excluding tert-OH is 2. The number of phosphoric ester groups is 2. The Labute approximate surface area is 187 Å². The van der Waals surface area contributed by atoms with Crippen molar-refractivity contribution in [1.29, 1.82) is 0 Å². The van der Waals surface area contributed by atoms with Crippen molar-refractivity contribution in [2.45, 2.75) is 70.0 Å². The number of aliphatic hydroxyl groups is 2. The van der Waals surface area contributed by atoms with Crippen LogP contribution in [0.1, 0.15) is 38.0 Å². The summed E-state index contributed by atoms with van der Waals surface area (Å²) in [5, 5.41) is 19.8. The quantitative estimate of drug-likeness (QED) is 0.279. The molecule has 0 aromatic carbocycles. The highest BCUT2D eigenvalue weighted by atomic mass is 31.3. The summed E-state index contributed by atoms with van der Waals surface area (Å²) in [4.78, 5) is 45.1. The Bertz CT molecular complexity index is 1060. The van der Waals surface area contributed by atoms with Gasteiger partial charge in [-0.25, -0.2) is 13.9 Å². The van der Waals surface area contributed by atoms with E-state index in [2.05, 4.69) is 13.8 Å². The van der Waals surface area contributed by atoms with Crippen LogP contribution < -0.4 is 11.2 Å². The molecule has 0 saturated carbocycles. The third kappa shape index (κ3) is 6.90. The smallest absolute Gasteiger partial charge is 0.390 e. The van der Waals surface area contributed by atoms with E-state index < -0.39 is 70.4 Å². The zero-order valence-electron chi connectivity index (χ0n) is 17.7. The second-order valence-electron chi connectivity index (χ2n) is 7.75. The zero-order chi connectivity index (χ0) is 24.6. The van der Waals surface area contributed by atoms with E-state index in [4.69, 9.17) is 14.0 Å². The van der Waals surface area contributed by atoms with E-state index in [0.29, 0.717) is 0 Å². The maximum atomic E-state index is 12.1. The Hall–Kier alpha value is -1.22. The van der Waals surface area contributed by atoms with E-state index in [9.17, 15) is 38.7 Å². The SMILES string of the molecule is Cc1cn([C@H]2C[C@H](O)[C@@H](COP(=O)(O)OP(=O)(O)OC3CC[C@H](O)[C@H](C)O3)O2)c(=O)[nH]c1=O. The topological polar surface area (TPSA) is 216 Å². The molecule has 188 valence electrons. The molecule has 0 radical (unpaired) electrons. The minimum Gasteiger partial charge on any atom is -0.390 e. The highest BCUT2D eigenvalue weighted by Crippen LogP contribution is 2.61. The van der Waals surface area contributed by atoms with Gasteiger partial charge in [0.1, 0.15) is 12.3 Å². The van der Waals surface area contributed by atoms with Crippen molar-refractivity contribution < 1.29 is 52.0 Å². The second kappa shape index (κ2) is 10.2. The van der Waals surface area contributed by atoms with Crippen LogP contribution in [0.15, 0.2) is 15.8 Å². The van der Waals surface area contributed by atoms with Crippen molar-refractivity contribution >= 4 is 15.6 Å².